The van der Waals surface area contributed by atoms with Crippen LogP contribution in [0.4, 0.5) is 0 Å². The van der Waals surface area contributed by atoms with E-state index in [4.69, 9.17) is 0 Å². The van der Waals surface area contributed by atoms with Crippen LogP contribution < -0.4 is 0 Å². The van der Waals surface area contributed by atoms with E-state index in [2.05, 4.69) is 24.0 Å². The van der Waals surface area contributed by atoms with E-state index in [-0.39, 0.29) is 5.91 Å². The first-order valence-corrected chi connectivity index (χ1v) is 7.02. The van der Waals surface area contributed by atoms with Crippen molar-refractivity contribution in [3.05, 3.63) is 71.4 Å². The minimum absolute atomic E-state index is 0.0429. The Bertz CT molecular complexity index is 789. The van der Waals surface area contributed by atoms with E-state index in [0.29, 0.717) is 6.54 Å². The third-order valence-electron chi connectivity index (χ3n) is 3.82. The Morgan fingerprint density at radius 3 is 2.76 bits per heavy atom. The quantitative estimate of drug-likeness (QED) is 0.778. The maximum absolute atomic E-state index is 12.5. The maximum atomic E-state index is 12.5. The number of hydrogen-bond donors (Lipinski definition) is 1. The topological polar surface area (TPSA) is 36.1 Å². The van der Waals surface area contributed by atoms with Crippen LogP contribution in [0, 0.1) is 6.92 Å². The number of carbonyl (C=O) groups is 1. The van der Waals surface area contributed by atoms with Gasteiger partial charge in [-0.05, 0) is 42.3 Å². The van der Waals surface area contributed by atoms with Crippen LogP contribution in [0.25, 0.3) is 10.9 Å². The number of nitrogens with one attached hydrogen (secondary N) is 1. The van der Waals surface area contributed by atoms with Crippen molar-refractivity contribution in [3.8, 4) is 0 Å². The SMILES string of the molecule is Cc1ccccc1CN(C)C(=O)c1ccc2[nH]ccc2c1. The number of fused-ring (bicyclic) bond motifs is 1. The van der Waals surface area contributed by atoms with Gasteiger partial charge in [-0.25, -0.2) is 0 Å². The number of aryl methyl sites for hydroxylation is 1. The van der Waals surface area contributed by atoms with Gasteiger partial charge in [-0.1, -0.05) is 24.3 Å². The Morgan fingerprint density at radius 2 is 1.95 bits per heavy atom. The summed E-state index contributed by atoms with van der Waals surface area (Å²) in [6, 6.07) is 15.9. The predicted molar refractivity (Wildman–Crippen MR) is 85.3 cm³/mol. The maximum Gasteiger partial charge on any atom is 0.253 e. The Kier molecular flexibility index (Phi) is 3.48. The molecule has 0 atom stereocenters. The molecule has 1 amide bonds. The molecule has 1 N–H and O–H groups in total. The van der Waals surface area contributed by atoms with Crippen LogP contribution in [-0.4, -0.2) is 22.8 Å². The van der Waals surface area contributed by atoms with Crippen LogP contribution >= 0.6 is 0 Å². The zero-order valence-corrected chi connectivity index (χ0v) is 12.3. The summed E-state index contributed by atoms with van der Waals surface area (Å²) in [5.74, 6) is 0.0429. The standard InChI is InChI=1S/C18H18N2O/c1-13-5-3-4-6-16(13)12-20(2)18(21)15-7-8-17-14(11-15)9-10-19-17/h3-11,19H,12H2,1-2H3. The predicted octanol–water partition coefficient (Wildman–Crippen LogP) is 3.75. The first-order chi connectivity index (χ1) is 10.1. The van der Waals surface area contributed by atoms with Gasteiger partial charge < -0.3 is 9.88 Å². The van der Waals surface area contributed by atoms with Gasteiger partial charge in [-0.15, -0.1) is 0 Å². The van der Waals surface area contributed by atoms with Crippen LogP contribution in [0.15, 0.2) is 54.7 Å². The normalized spacial score (nSPS) is 10.8. The summed E-state index contributed by atoms with van der Waals surface area (Å²) in [6.45, 7) is 2.69. The molecular weight excluding hydrogens is 260 g/mol. The highest BCUT2D eigenvalue weighted by Crippen LogP contribution is 2.17. The van der Waals surface area contributed by atoms with Gasteiger partial charge in [0.15, 0.2) is 0 Å². The first-order valence-electron chi connectivity index (χ1n) is 7.02. The number of carbonyl (C=O) groups excluding carboxylic acids is 1. The lowest BCUT2D eigenvalue weighted by Crippen LogP contribution is -2.26. The molecule has 1 heterocycles. The lowest BCUT2D eigenvalue weighted by atomic mass is 10.1. The second kappa shape index (κ2) is 5.44. The summed E-state index contributed by atoms with van der Waals surface area (Å²) >= 11 is 0. The number of H-pyrrole nitrogens is 1. The highest BCUT2D eigenvalue weighted by Gasteiger charge is 2.13. The van der Waals surface area contributed by atoms with E-state index in [1.807, 2.05) is 49.6 Å². The molecule has 0 aliphatic rings. The molecule has 0 saturated heterocycles. The lowest BCUT2D eigenvalue weighted by molar-refractivity contribution is 0.0785. The molecule has 3 nitrogen and oxygen atoms in total. The Balaban J connectivity index is 1.82. The molecule has 3 aromatic rings. The van der Waals surface area contributed by atoms with E-state index in [0.717, 1.165) is 16.5 Å². The van der Waals surface area contributed by atoms with Gasteiger partial charge in [0.1, 0.15) is 0 Å². The molecule has 0 aliphatic heterocycles. The van der Waals surface area contributed by atoms with Crippen LogP contribution in [0.1, 0.15) is 21.5 Å². The molecule has 21 heavy (non-hydrogen) atoms. The summed E-state index contributed by atoms with van der Waals surface area (Å²) in [4.78, 5) is 17.4. The van der Waals surface area contributed by atoms with E-state index in [9.17, 15) is 4.79 Å². The summed E-state index contributed by atoms with van der Waals surface area (Å²) in [6.07, 6.45) is 1.88. The Morgan fingerprint density at radius 1 is 1.14 bits per heavy atom. The molecule has 3 heteroatoms. The zero-order chi connectivity index (χ0) is 14.8. The zero-order valence-electron chi connectivity index (χ0n) is 12.3. The highest BCUT2D eigenvalue weighted by molar-refractivity contribution is 5.97. The smallest absolute Gasteiger partial charge is 0.253 e. The lowest BCUT2D eigenvalue weighted by Gasteiger charge is -2.18. The van der Waals surface area contributed by atoms with Crippen molar-refractivity contribution in [1.29, 1.82) is 0 Å². The summed E-state index contributed by atoms with van der Waals surface area (Å²) < 4.78 is 0. The molecule has 0 radical (unpaired) electrons. The Hall–Kier alpha value is -2.55. The van der Waals surface area contributed by atoms with Crippen molar-refractivity contribution in [2.75, 3.05) is 7.05 Å². The van der Waals surface area contributed by atoms with Crippen molar-refractivity contribution in [1.82, 2.24) is 9.88 Å². The number of benzene rings is 2. The largest absolute Gasteiger partial charge is 0.361 e. The van der Waals surface area contributed by atoms with Gasteiger partial charge in [0.25, 0.3) is 5.91 Å². The average Bonchev–Trinajstić information content (AvgIpc) is 2.96. The third kappa shape index (κ3) is 2.68. The van der Waals surface area contributed by atoms with Gasteiger partial charge in [-0.3, -0.25) is 4.79 Å². The molecule has 1 aromatic heterocycles. The number of aromatic nitrogens is 1. The van der Waals surface area contributed by atoms with Gasteiger partial charge in [0.05, 0.1) is 0 Å². The van der Waals surface area contributed by atoms with Crippen molar-refractivity contribution < 1.29 is 4.79 Å². The van der Waals surface area contributed by atoms with Gasteiger partial charge in [-0.2, -0.15) is 0 Å². The van der Waals surface area contributed by atoms with E-state index >= 15 is 0 Å². The number of aromatic amines is 1. The van der Waals surface area contributed by atoms with Crippen LogP contribution in [0.2, 0.25) is 0 Å². The molecule has 0 bridgehead atoms. The van der Waals surface area contributed by atoms with Gasteiger partial charge in [0.2, 0.25) is 0 Å². The molecule has 0 spiro atoms. The molecule has 106 valence electrons. The van der Waals surface area contributed by atoms with Crippen LogP contribution in [0.5, 0.6) is 0 Å². The second-order valence-corrected chi connectivity index (χ2v) is 5.37. The van der Waals surface area contributed by atoms with Crippen LogP contribution in [0.3, 0.4) is 0 Å². The monoisotopic (exact) mass is 278 g/mol. The summed E-state index contributed by atoms with van der Waals surface area (Å²) in [5, 5.41) is 1.06. The molecule has 0 fully saturated rings. The second-order valence-electron chi connectivity index (χ2n) is 5.37. The minimum atomic E-state index is 0.0429. The van der Waals surface area contributed by atoms with Crippen LogP contribution in [-0.2, 0) is 6.54 Å². The van der Waals surface area contributed by atoms with Crippen molar-refractivity contribution in [2.24, 2.45) is 0 Å². The van der Waals surface area contributed by atoms with Crippen molar-refractivity contribution in [2.45, 2.75) is 13.5 Å². The van der Waals surface area contributed by atoms with Gasteiger partial charge >= 0.3 is 0 Å². The van der Waals surface area contributed by atoms with Crippen molar-refractivity contribution in [3.63, 3.8) is 0 Å². The van der Waals surface area contributed by atoms with Crippen molar-refractivity contribution >= 4 is 16.8 Å². The molecule has 0 aliphatic carbocycles. The summed E-state index contributed by atoms with van der Waals surface area (Å²) in [5.41, 5.74) is 4.15. The Labute approximate surface area is 124 Å². The molecular formula is C18H18N2O. The first kappa shape index (κ1) is 13.4. The number of rotatable bonds is 3. The van der Waals surface area contributed by atoms with E-state index < -0.39 is 0 Å². The summed E-state index contributed by atoms with van der Waals surface area (Å²) in [7, 11) is 1.84. The number of amides is 1. The van der Waals surface area contributed by atoms with Gasteiger partial charge in [0, 0.05) is 36.3 Å². The fourth-order valence-electron chi connectivity index (χ4n) is 2.52. The minimum Gasteiger partial charge on any atom is -0.361 e. The number of nitrogens with zero attached hydrogens (tertiary/aromatic N) is 1. The molecule has 3 rings (SSSR count). The molecule has 0 saturated carbocycles. The average molecular weight is 278 g/mol. The van der Waals surface area contributed by atoms with E-state index in [1.54, 1.807) is 4.90 Å². The molecule has 2 aromatic carbocycles. The third-order valence-corrected chi connectivity index (χ3v) is 3.82. The number of hydrogen-bond acceptors (Lipinski definition) is 1. The van der Waals surface area contributed by atoms with E-state index in [1.165, 1.54) is 11.1 Å². The highest BCUT2D eigenvalue weighted by atomic mass is 16.2. The fraction of sp³-hybridized carbons (Fsp3) is 0.167. The fourth-order valence-corrected chi connectivity index (χ4v) is 2.52. The molecule has 0 unspecified atom stereocenters.